The lowest BCUT2D eigenvalue weighted by atomic mass is 10.1. The van der Waals surface area contributed by atoms with Crippen molar-refractivity contribution in [2.75, 3.05) is 36.9 Å². The number of ether oxygens (including phenoxy) is 1. The van der Waals surface area contributed by atoms with Crippen molar-refractivity contribution in [3.63, 3.8) is 0 Å². The lowest BCUT2D eigenvalue weighted by molar-refractivity contribution is 0.122. The molecule has 0 unspecified atom stereocenters. The summed E-state index contributed by atoms with van der Waals surface area (Å²) in [5.74, 6) is 0.694. The average Bonchev–Trinajstić information content (AvgIpc) is 2.80. The fraction of sp³-hybridized carbons (Fsp3) is 0.357. The molecule has 1 aromatic carbocycles. The molecule has 1 aromatic heterocycles. The second kappa shape index (κ2) is 4.93. The highest BCUT2D eigenvalue weighted by molar-refractivity contribution is 5.76. The maximum absolute atomic E-state index is 6.03. The summed E-state index contributed by atoms with van der Waals surface area (Å²) >= 11 is 0. The van der Waals surface area contributed by atoms with Gasteiger partial charge >= 0.3 is 0 Å². The van der Waals surface area contributed by atoms with Crippen LogP contribution in [0.2, 0.25) is 0 Å². The van der Waals surface area contributed by atoms with Crippen LogP contribution in [0.4, 0.5) is 11.5 Å². The highest BCUT2D eigenvalue weighted by Crippen LogP contribution is 2.28. The molecule has 5 heteroatoms. The van der Waals surface area contributed by atoms with Crippen molar-refractivity contribution in [3.05, 3.63) is 30.5 Å². The maximum Gasteiger partial charge on any atom is 0.129 e. The normalized spacial score (nSPS) is 15.7. The number of aromatic nitrogens is 2. The van der Waals surface area contributed by atoms with Gasteiger partial charge in [0.15, 0.2) is 0 Å². The SMILES string of the molecule is Cn1ncc(-c2cccc(N3CCOCC3)c2)c1N. The van der Waals surface area contributed by atoms with Crippen LogP contribution in [0.15, 0.2) is 30.5 Å². The Hall–Kier alpha value is -2.01. The van der Waals surface area contributed by atoms with Crippen LogP contribution in [0.3, 0.4) is 0 Å². The first-order valence-electron chi connectivity index (χ1n) is 6.46. The van der Waals surface area contributed by atoms with Gasteiger partial charge in [0.05, 0.1) is 19.4 Å². The molecule has 1 aliphatic heterocycles. The van der Waals surface area contributed by atoms with Gasteiger partial charge < -0.3 is 15.4 Å². The Morgan fingerprint density at radius 2 is 2.05 bits per heavy atom. The zero-order valence-electron chi connectivity index (χ0n) is 11.0. The number of hydrogen-bond acceptors (Lipinski definition) is 4. The topological polar surface area (TPSA) is 56.3 Å². The Kier molecular flexibility index (Phi) is 3.13. The molecule has 0 atom stereocenters. The van der Waals surface area contributed by atoms with Gasteiger partial charge in [-0.05, 0) is 17.7 Å². The van der Waals surface area contributed by atoms with Crippen molar-refractivity contribution in [3.8, 4) is 11.1 Å². The molecule has 19 heavy (non-hydrogen) atoms. The summed E-state index contributed by atoms with van der Waals surface area (Å²) in [5.41, 5.74) is 9.33. The predicted molar refractivity (Wildman–Crippen MR) is 76.1 cm³/mol. The number of rotatable bonds is 2. The molecule has 0 saturated carbocycles. The predicted octanol–water partition coefficient (Wildman–Crippen LogP) is 1.51. The minimum atomic E-state index is 0.694. The molecule has 1 saturated heterocycles. The molecule has 0 spiro atoms. The van der Waals surface area contributed by atoms with Crippen LogP contribution in [-0.2, 0) is 11.8 Å². The first-order chi connectivity index (χ1) is 9.25. The van der Waals surface area contributed by atoms with Crippen molar-refractivity contribution >= 4 is 11.5 Å². The molecule has 2 heterocycles. The molecule has 2 aromatic rings. The van der Waals surface area contributed by atoms with Crippen LogP contribution >= 0.6 is 0 Å². The molecule has 0 bridgehead atoms. The Morgan fingerprint density at radius 1 is 1.26 bits per heavy atom. The highest BCUT2D eigenvalue weighted by atomic mass is 16.5. The number of nitrogens with zero attached hydrogens (tertiary/aromatic N) is 3. The second-order valence-electron chi connectivity index (χ2n) is 4.72. The number of nitrogens with two attached hydrogens (primary N) is 1. The van der Waals surface area contributed by atoms with Crippen LogP contribution in [0, 0.1) is 0 Å². The fourth-order valence-corrected chi connectivity index (χ4v) is 2.36. The first kappa shape index (κ1) is 12.0. The molecular formula is C14H18N4O. The minimum Gasteiger partial charge on any atom is -0.383 e. The van der Waals surface area contributed by atoms with Gasteiger partial charge in [0.25, 0.3) is 0 Å². The van der Waals surface area contributed by atoms with E-state index in [9.17, 15) is 0 Å². The molecule has 2 N–H and O–H groups in total. The molecule has 1 fully saturated rings. The van der Waals surface area contributed by atoms with Crippen LogP contribution in [0.25, 0.3) is 11.1 Å². The van der Waals surface area contributed by atoms with E-state index in [1.54, 1.807) is 4.68 Å². The van der Waals surface area contributed by atoms with Crippen molar-refractivity contribution in [2.24, 2.45) is 7.05 Å². The monoisotopic (exact) mass is 258 g/mol. The fourth-order valence-electron chi connectivity index (χ4n) is 2.36. The molecule has 0 aliphatic carbocycles. The Bertz CT molecular complexity index is 573. The standard InChI is InChI=1S/C14H18N4O/c1-17-14(15)13(10-16-17)11-3-2-4-12(9-11)18-5-7-19-8-6-18/h2-4,9-10H,5-8,15H2,1H3. The number of hydrogen-bond donors (Lipinski definition) is 1. The van der Waals surface area contributed by atoms with Gasteiger partial charge in [-0.25, -0.2) is 0 Å². The van der Waals surface area contributed by atoms with Crippen LogP contribution < -0.4 is 10.6 Å². The summed E-state index contributed by atoms with van der Waals surface area (Å²) in [6.07, 6.45) is 1.81. The molecule has 0 amide bonds. The van der Waals surface area contributed by atoms with Crippen molar-refractivity contribution in [1.29, 1.82) is 0 Å². The zero-order chi connectivity index (χ0) is 13.2. The molecular weight excluding hydrogens is 240 g/mol. The van der Waals surface area contributed by atoms with Crippen LogP contribution in [0.5, 0.6) is 0 Å². The van der Waals surface area contributed by atoms with E-state index in [0.717, 1.165) is 37.4 Å². The van der Waals surface area contributed by atoms with E-state index in [2.05, 4.69) is 34.3 Å². The van der Waals surface area contributed by atoms with Crippen molar-refractivity contribution < 1.29 is 4.74 Å². The third kappa shape index (κ3) is 2.29. The van der Waals surface area contributed by atoms with E-state index in [1.807, 2.05) is 13.2 Å². The van der Waals surface area contributed by atoms with Crippen molar-refractivity contribution in [2.45, 2.75) is 0 Å². The molecule has 5 nitrogen and oxygen atoms in total. The van der Waals surface area contributed by atoms with Gasteiger partial charge in [-0.1, -0.05) is 12.1 Å². The number of benzene rings is 1. The molecule has 0 radical (unpaired) electrons. The summed E-state index contributed by atoms with van der Waals surface area (Å²) in [4.78, 5) is 2.33. The number of anilines is 2. The van der Waals surface area contributed by atoms with E-state index in [4.69, 9.17) is 10.5 Å². The zero-order valence-corrected chi connectivity index (χ0v) is 11.0. The third-order valence-corrected chi connectivity index (χ3v) is 3.52. The summed E-state index contributed by atoms with van der Waals surface area (Å²) in [5, 5.41) is 4.19. The van der Waals surface area contributed by atoms with Gasteiger partial charge in [0, 0.05) is 31.4 Å². The maximum atomic E-state index is 6.03. The quantitative estimate of drug-likeness (QED) is 0.887. The third-order valence-electron chi connectivity index (χ3n) is 3.52. The lowest BCUT2D eigenvalue weighted by Crippen LogP contribution is -2.36. The number of aryl methyl sites for hydroxylation is 1. The average molecular weight is 258 g/mol. The largest absolute Gasteiger partial charge is 0.383 e. The van der Waals surface area contributed by atoms with Gasteiger partial charge in [-0.3, -0.25) is 4.68 Å². The van der Waals surface area contributed by atoms with E-state index in [-0.39, 0.29) is 0 Å². The summed E-state index contributed by atoms with van der Waals surface area (Å²) in [7, 11) is 1.85. The first-order valence-corrected chi connectivity index (χ1v) is 6.46. The van der Waals surface area contributed by atoms with E-state index >= 15 is 0 Å². The molecule has 3 rings (SSSR count). The summed E-state index contributed by atoms with van der Waals surface area (Å²) in [6.45, 7) is 3.45. The molecule has 100 valence electrons. The smallest absolute Gasteiger partial charge is 0.129 e. The van der Waals surface area contributed by atoms with Gasteiger partial charge in [-0.2, -0.15) is 5.10 Å². The summed E-state index contributed by atoms with van der Waals surface area (Å²) in [6, 6.07) is 8.42. The van der Waals surface area contributed by atoms with Crippen molar-refractivity contribution in [1.82, 2.24) is 9.78 Å². The summed E-state index contributed by atoms with van der Waals surface area (Å²) < 4.78 is 7.07. The van der Waals surface area contributed by atoms with E-state index in [0.29, 0.717) is 5.82 Å². The Morgan fingerprint density at radius 3 is 2.74 bits per heavy atom. The lowest BCUT2D eigenvalue weighted by Gasteiger charge is -2.29. The van der Waals surface area contributed by atoms with Crippen LogP contribution in [0.1, 0.15) is 0 Å². The minimum absolute atomic E-state index is 0.694. The van der Waals surface area contributed by atoms with Crippen LogP contribution in [-0.4, -0.2) is 36.1 Å². The number of nitrogen functional groups attached to an aromatic ring is 1. The number of morpholine rings is 1. The Labute approximate surface area is 112 Å². The molecule has 1 aliphatic rings. The Balaban J connectivity index is 1.93. The van der Waals surface area contributed by atoms with Gasteiger partial charge in [0.1, 0.15) is 5.82 Å². The van der Waals surface area contributed by atoms with E-state index < -0.39 is 0 Å². The highest BCUT2D eigenvalue weighted by Gasteiger charge is 2.13. The second-order valence-corrected chi connectivity index (χ2v) is 4.72. The van der Waals surface area contributed by atoms with Gasteiger partial charge in [-0.15, -0.1) is 0 Å². The van der Waals surface area contributed by atoms with Gasteiger partial charge in [0.2, 0.25) is 0 Å². The van der Waals surface area contributed by atoms with E-state index in [1.165, 1.54) is 5.69 Å².